The zero-order valence-corrected chi connectivity index (χ0v) is 13.2. The highest BCUT2D eigenvalue weighted by Gasteiger charge is 2.34. The van der Waals surface area contributed by atoms with E-state index in [1.54, 1.807) is 53.2 Å². The predicted molar refractivity (Wildman–Crippen MR) is 90.2 cm³/mol. The summed E-state index contributed by atoms with van der Waals surface area (Å²) < 4.78 is 1.79. The molecule has 4 rings (SSSR count). The summed E-state index contributed by atoms with van der Waals surface area (Å²) in [7, 11) is 0. The lowest BCUT2D eigenvalue weighted by molar-refractivity contribution is -0.116. The molecule has 1 aromatic carbocycles. The topological polar surface area (TPSA) is 83.8 Å². The van der Waals surface area contributed by atoms with Crippen molar-refractivity contribution in [3.8, 4) is 0 Å². The molecule has 0 spiro atoms. The number of rotatable bonds is 4. The summed E-state index contributed by atoms with van der Waals surface area (Å²) in [6.07, 6.45) is 5.28. The molecule has 0 bridgehead atoms. The van der Waals surface area contributed by atoms with E-state index >= 15 is 0 Å². The Hall–Kier alpha value is -3.48. The van der Waals surface area contributed by atoms with Crippen molar-refractivity contribution in [2.45, 2.75) is 6.42 Å². The van der Waals surface area contributed by atoms with Gasteiger partial charge in [0.25, 0.3) is 11.8 Å². The molecule has 3 amide bonds. The third kappa shape index (κ3) is 2.55. The number of nitrogens with one attached hydrogen (secondary N) is 1. The second kappa shape index (κ2) is 5.86. The second-order valence-corrected chi connectivity index (χ2v) is 5.69. The van der Waals surface area contributed by atoms with Gasteiger partial charge in [-0.05, 0) is 24.3 Å². The highest BCUT2D eigenvalue weighted by Crippen LogP contribution is 2.22. The van der Waals surface area contributed by atoms with E-state index in [-0.39, 0.29) is 30.7 Å². The highest BCUT2D eigenvalue weighted by atomic mass is 16.2. The summed E-state index contributed by atoms with van der Waals surface area (Å²) in [5, 5.41) is 2.77. The Morgan fingerprint density at radius 3 is 2.44 bits per heavy atom. The highest BCUT2D eigenvalue weighted by molar-refractivity contribution is 6.21. The molecule has 0 radical (unpaired) electrons. The molecule has 1 aliphatic heterocycles. The molecule has 1 aliphatic rings. The fourth-order valence-electron chi connectivity index (χ4n) is 2.91. The third-order valence-corrected chi connectivity index (χ3v) is 4.13. The molecule has 3 aromatic rings. The van der Waals surface area contributed by atoms with Gasteiger partial charge in [-0.15, -0.1) is 0 Å². The van der Waals surface area contributed by atoms with Gasteiger partial charge in [0.05, 0.1) is 16.8 Å². The molecule has 0 aliphatic carbocycles. The summed E-state index contributed by atoms with van der Waals surface area (Å²) in [5.41, 5.74) is 1.99. The number of carbonyl (C=O) groups is 3. The number of carbonyl (C=O) groups excluding carboxylic acids is 3. The van der Waals surface area contributed by atoms with Gasteiger partial charge in [0.1, 0.15) is 0 Å². The molecular weight excluding hydrogens is 320 g/mol. The van der Waals surface area contributed by atoms with Crippen molar-refractivity contribution < 1.29 is 14.4 Å². The van der Waals surface area contributed by atoms with Gasteiger partial charge in [-0.2, -0.15) is 0 Å². The van der Waals surface area contributed by atoms with Gasteiger partial charge in [0.15, 0.2) is 5.65 Å². The molecule has 0 unspecified atom stereocenters. The molecule has 7 heteroatoms. The standard InChI is InChI=1S/C18H14N4O3/c23-15(20-14-6-3-9-21-11-8-19-16(14)21)7-10-22-17(24)12-4-1-2-5-13(12)18(22)25/h1-6,8-9,11H,7,10H2,(H,20,23). The first-order valence-corrected chi connectivity index (χ1v) is 7.82. The Balaban J connectivity index is 1.44. The van der Waals surface area contributed by atoms with E-state index < -0.39 is 0 Å². The maximum atomic E-state index is 12.3. The van der Waals surface area contributed by atoms with Crippen LogP contribution in [0.2, 0.25) is 0 Å². The van der Waals surface area contributed by atoms with Crippen LogP contribution in [0.3, 0.4) is 0 Å². The lowest BCUT2D eigenvalue weighted by Crippen LogP contribution is -2.32. The average molecular weight is 334 g/mol. The van der Waals surface area contributed by atoms with Crippen molar-refractivity contribution in [3.05, 3.63) is 66.1 Å². The van der Waals surface area contributed by atoms with Crippen molar-refractivity contribution in [1.29, 1.82) is 0 Å². The molecule has 0 fully saturated rings. The van der Waals surface area contributed by atoms with Crippen LogP contribution in [-0.2, 0) is 4.79 Å². The fraction of sp³-hybridized carbons (Fsp3) is 0.111. The van der Waals surface area contributed by atoms with Crippen LogP contribution < -0.4 is 5.32 Å². The smallest absolute Gasteiger partial charge is 0.261 e. The summed E-state index contributed by atoms with van der Waals surface area (Å²) >= 11 is 0. The maximum absolute atomic E-state index is 12.3. The van der Waals surface area contributed by atoms with Gasteiger partial charge in [-0.1, -0.05) is 12.1 Å². The molecule has 7 nitrogen and oxygen atoms in total. The van der Waals surface area contributed by atoms with Gasteiger partial charge in [0, 0.05) is 31.6 Å². The van der Waals surface area contributed by atoms with E-state index in [1.165, 1.54) is 0 Å². The van der Waals surface area contributed by atoms with Crippen molar-refractivity contribution >= 4 is 29.1 Å². The van der Waals surface area contributed by atoms with Gasteiger partial charge in [-0.25, -0.2) is 4.98 Å². The fourth-order valence-corrected chi connectivity index (χ4v) is 2.91. The quantitative estimate of drug-likeness (QED) is 0.739. The van der Waals surface area contributed by atoms with Crippen LogP contribution in [0.25, 0.3) is 5.65 Å². The van der Waals surface area contributed by atoms with Gasteiger partial charge < -0.3 is 9.72 Å². The summed E-state index contributed by atoms with van der Waals surface area (Å²) in [6.45, 7) is 0.0374. The first-order chi connectivity index (χ1) is 12.1. The van der Waals surface area contributed by atoms with Crippen molar-refractivity contribution in [2.75, 3.05) is 11.9 Å². The van der Waals surface area contributed by atoms with E-state index in [4.69, 9.17) is 0 Å². The number of imide groups is 1. The summed E-state index contributed by atoms with van der Waals surface area (Å²) in [6, 6.07) is 10.2. The van der Waals surface area contributed by atoms with Gasteiger partial charge in [0.2, 0.25) is 5.91 Å². The number of benzene rings is 1. The minimum absolute atomic E-state index is 0.0211. The lowest BCUT2D eigenvalue weighted by atomic mass is 10.1. The molecular formula is C18H14N4O3. The minimum Gasteiger partial charge on any atom is -0.323 e. The molecule has 1 N–H and O–H groups in total. The summed E-state index contributed by atoms with van der Waals surface area (Å²) in [4.78, 5) is 42.1. The Labute approximate surface area is 142 Å². The van der Waals surface area contributed by atoms with Crippen LogP contribution in [0.1, 0.15) is 27.1 Å². The number of anilines is 1. The van der Waals surface area contributed by atoms with E-state index in [0.717, 1.165) is 4.90 Å². The molecule has 124 valence electrons. The Kier molecular flexibility index (Phi) is 3.53. The number of fused-ring (bicyclic) bond motifs is 2. The number of amides is 3. The van der Waals surface area contributed by atoms with E-state index in [0.29, 0.717) is 22.5 Å². The second-order valence-electron chi connectivity index (χ2n) is 5.69. The number of hydrogen-bond donors (Lipinski definition) is 1. The zero-order chi connectivity index (χ0) is 17.4. The first-order valence-electron chi connectivity index (χ1n) is 7.82. The molecule has 0 saturated carbocycles. The monoisotopic (exact) mass is 334 g/mol. The van der Waals surface area contributed by atoms with Crippen molar-refractivity contribution in [2.24, 2.45) is 0 Å². The maximum Gasteiger partial charge on any atom is 0.261 e. The number of hydrogen-bond acceptors (Lipinski definition) is 4. The number of nitrogens with zero attached hydrogens (tertiary/aromatic N) is 3. The number of aromatic nitrogens is 2. The van der Waals surface area contributed by atoms with E-state index in [9.17, 15) is 14.4 Å². The molecule has 0 atom stereocenters. The van der Waals surface area contributed by atoms with Crippen LogP contribution in [0.5, 0.6) is 0 Å². The minimum atomic E-state index is -0.358. The molecule has 2 aromatic heterocycles. The van der Waals surface area contributed by atoms with E-state index in [1.807, 2.05) is 6.20 Å². The Bertz CT molecular complexity index is 973. The van der Waals surface area contributed by atoms with Crippen LogP contribution in [-0.4, -0.2) is 38.6 Å². The molecule has 0 saturated heterocycles. The van der Waals surface area contributed by atoms with Crippen LogP contribution in [0.4, 0.5) is 5.69 Å². The summed E-state index contributed by atoms with van der Waals surface area (Å²) in [5.74, 6) is -1.000. The molecule has 3 heterocycles. The molecule has 25 heavy (non-hydrogen) atoms. The van der Waals surface area contributed by atoms with Crippen molar-refractivity contribution in [3.63, 3.8) is 0 Å². The zero-order valence-electron chi connectivity index (χ0n) is 13.2. The van der Waals surface area contributed by atoms with Crippen LogP contribution in [0, 0.1) is 0 Å². The third-order valence-electron chi connectivity index (χ3n) is 4.13. The van der Waals surface area contributed by atoms with Gasteiger partial charge in [-0.3, -0.25) is 19.3 Å². The van der Waals surface area contributed by atoms with E-state index in [2.05, 4.69) is 10.3 Å². The lowest BCUT2D eigenvalue weighted by Gasteiger charge is -2.13. The first kappa shape index (κ1) is 15.1. The van der Waals surface area contributed by atoms with Crippen LogP contribution in [0.15, 0.2) is 55.0 Å². The SMILES string of the molecule is O=C(CCN1C(=O)c2ccccc2C1=O)Nc1cccn2ccnc12. The predicted octanol–water partition coefficient (Wildman–Crippen LogP) is 1.96. The largest absolute Gasteiger partial charge is 0.323 e. The average Bonchev–Trinajstić information content (AvgIpc) is 3.19. The Morgan fingerprint density at radius 1 is 1.00 bits per heavy atom. The Morgan fingerprint density at radius 2 is 1.72 bits per heavy atom. The van der Waals surface area contributed by atoms with Gasteiger partial charge >= 0.3 is 0 Å². The van der Waals surface area contributed by atoms with Crippen molar-refractivity contribution in [1.82, 2.24) is 14.3 Å². The number of pyridine rings is 1. The normalized spacial score (nSPS) is 13.4. The number of imidazole rings is 1. The van der Waals surface area contributed by atoms with Crippen LogP contribution >= 0.6 is 0 Å².